The van der Waals surface area contributed by atoms with Crippen molar-refractivity contribution in [2.75, 3.05) is 0 Å². The lowest BCUT2D eigenvalue weighted by Crippen LogP contribution is -1.98. The van der Waals surface area contributed by atoms with Crippen molar-refractivity contribution >= 4 is 34.8 Å². The minimum absolute atomic E-state index is 0.346. The molecule has 1 rings (SSSR count). The highest BCUT2D eigenvalue weighted by molar-refractivity contribution is 6.44. The molecule has 1 aromatic carbocycles. The highest BCUT2D eigenvalue weighted by Gasteiger charge is 2.09. The zero-order valence-corrected chi connectivity index (χ0v) is 8.76. The third kappa shape index (κ3) is 1.69. The largest absolute Gasteiger partial charge is 0.326 e. The Labute approximate surface area is 86.4 Å². The molecule has 0 fully saturated rings. The molecule has 0 heterocycles. The number of halogens is 3. The van der Waals surface area contributed by atoms with E-state index in [2.05, 4.69) is 0 Å². The van der Waals surface area contributed by atoms with Gasteiger partial charge in [0.05, 0.1) is 10.0 Å². The lowest BCUT2D eigenvalue weighted by Gasteiger charge is -2.07. The van der Waals surface area contributed by atoms with Crippen LogP contribution in [0, 0.1) is 6.92 Å². The maximum atomic E-state index is 5.90. The fraction of sp³-hybridized carbons (Fsp3) is 0.250. The first-order valence-corrected chi connectivity index (χ1v) is 4.54. The second-order valence-electron chi connectivity index (χ2n) is 2.47. The molecule has 0 bridgehead atoms. The Morgan fingerprint density at radius 1 is 1.25 bits per heavy atom. The molecular weight excluding hydrogens is 216 g/mol. The molecule has 0 amide bonds. The topological polar surface area (TPSA) is 26.0 Å². The molecule has 12 heavy (non-hydrogen) atoms. The summed E-state index contributed by atoms with van der Waals surface area (Å²) in [5, 5.41) is 1.59. The van der Waals surface area contributed by atoms with Gasteiger partial charge in [-0.15, -0.1) is 0 Å². The summed E-state index contributed by atoms with van der Waals surface area (Å²) in [5.41, 5.74) is 7.00. The maximum absolute atomic E-state index is 5.90. The number of hydrogen-bond acceptors (Lipinski definition) is 1. The second kappa shape index (κ2) is 3.84. The van der Waals surface area contributed by atoms with Gasteiger partial charge in [-0.3, -0.25) is 0 Å². The Morgan fingerprint density at radius 3 is 2.33 bits per heavy atom. The van der Waals surface area contributed by atoms with Crippen molar-refractivity contribution in [3.05, 3.63) is 32.3 Å². The molecule has 1 nitrogen and oxygen atoms in total. The molecule has 0 saturated heterocycles. The smallest absolute Gasteiger partial charge is 0.0640 e. The molecule has 0 atom stereocenters. The van der Waals surface area contributed by atoms with E-state index in [1.165, 1.54) is 0 Å². The second-order valence-corrected chi connectivity index (χ2v) is 3.64. The van der Waals surface area contributed by atoms with E-state index in [1.54, 1.807) is 6.07 Å². The first-order chi connectivity index (χ1) is 5.57. The molecular formula is C8H8Cl3N. The monoisotopic (exact) mass is 223 g/mol. The van der Waals surface area contributed by atoms with Gasteiger partial charge in [0.15, 0.2) is 0 Å². The van der Waals surface area contributed by atoms with Gasteiger partial charge < -0.3 is 5.73 Å². The summed E-state index contributed by atoms with van der Waals surface area (Å²) >= 11 is 17.7. The van der Waals surface area contributed by atoms with Gasteiger partial charge in [-0.05, 0) is 24.1 Å². The maximum Gasteiger partial charge on any atom is 0.0640 e. The quantitative estimate of drug-likeness (QED) is 0.727. The number of benzene rings is 1. The van der Waals surface area contributed by atoms with Gasteiger partial charge in [0.2, 0.25) is 0 Å². The lowest BCUT2D eigenvalue weighted by atomic mass is 10.1. The Balaban J connectivity index is 3.39. The molecule has 0 aromatic heterocycles. The predicted octanol–water partition coefficient (Wildman–Crippen LogP) is 3.41. The van der Waals surface area contributed by atoms with Crippen LogP contribution in [0.1, 0.15) is 11.1 Å². The van der Waals surface area contributed by atoms with Crippen LogP contribution < -0.4 is 5.73 Å². The summed E-state index contributed by atoms with van der Waals surface area (Å²) < 4.78 is 0. The van der Waals surface area contributed by atoms with Crippen LogP contribution in [0.15, 0.2) is 6.07 Å². The first-order valence-electron chi connectivity index (χ1n) is 3.41. The molecule has 0 aliphatic rings. The summed E-state index contributed by atoms with van der Waals surface area (Å²) in [7, 11) is 0. The van der Waals surface area contributed by atoms with E-state index in [-0.39, 0.29) is 0 Å². The molecule has 0 unspecified atom stereocenters. The third-order valence-corrected chi connectivity index (χ3v) is 3.08. The summed E-state index contributed by atoms with van der Waals surface area (Å²) in [6, 6.07) is 1.74. The van der Waals surface area contributed by atoms with Crippen LogP contribution in [0.2, 0.25) is 15.1 Å². The van der Waals surface area contributed by atoms with E-state index < -0.39 is 0 Å². The summed E-state index contributed by atoms with van der Waals surface area (Å²) in [4.78, 5) is 0. The van der Waals surface area contributed by atoms with Crippen molar-refractivity contribution in [1.82, 2.24) is 0 Å². The highest BCUT2D eigenvalue weighted by Crippen LogP contribution is 2.33. The molecule has 0 spiro atoms. The average molecular weight is 225 g/mol. The molecule has 66 valence electrons. The number of hydrogen-bond donors (Lipinski definition) is 1. The third-order valence-electron chi connectivity index (χ3n) is 1.68. The van der Waals surface area contributed by atoms with Crippen LogP contribution >= 0.6 is 34.8 Å². The van der Waals surface area contributed by atoms with Crippen LogP contribution in [-0.4, -0.2) is 0 Å². The van der Waals surface area contributed by atoms with Crippen LogP contribution in [0.3, 0.4) is 0 Å². The van der Waals surface area contributed by atoms with Crippen LogP contribution in [0.25, 0.3) is 0 Å². The van der Waals surface area contributed by atoms with Crippen molar-refractivity contribution in [2.45, 2.75) is 13.5 Å². The van der Waals surface area contributed by atoms with Crippen molar-refractivity contribution in [3.8, 4) is 0 Å². The summed E-state index contributed by atoms with van der Waals surface area (Å²) in [6.45, 7) is 2.16. The standard InChI is InChI=1S/C8H8Cl3N/c1-4-6(9)2-5(3-12)8(11)7(4)10/h2H,3,12H2,1H3. The van der Waals surface area contributed by atoms with E-state index in [9.17, 15) is 0 Å². The fourth-order valence-electron chi connectivity index (χ4n) is 0.884. The van der Waals surface area contributed by atoms with Crippen molar-refractivity contribution in [2.24, 2.45) is 5.73 Å². The summed E-state index contributed by atoms with van der Waals surface area (Å²) in [5.74, 6) is 0. The summed E-state index contributed by atoms with van der Waals surface area (Å²) in [6.07, 6.45) is 0. The SMILES string of the molecule is Cc1c(Cl)cc(CN)c(Cl)c1Cl. The van der Waals surface area contributed by atoms with Crippen LogP contribution in [0.5, 0.6) is 0 Å². The lowest BCUT2D eigenvalue weighted by molar-refractivity contribution is 1.07. The molecule has 1 aromatic rings. The van der Waals surface area contributed by atoms with Crippen molar-refractivity contribution in [1.29, 1.82) is 0 Å². The fourth-order valence-corrected chi connectivity index (χ4v) is 1.65. The predicted molar refractivity (Wildman–Crippen MR) is 54.1 cm³/mol. The van der Waals surface area contributed by atoms with E-state index in [4.69, 9.17) is 40.5 Å². The minimum atomic E-state index is 0.346. The molecule has 0 aliphatic heterocycles. The minimum Gasteiger partial charge on any atom is -0.326 e. The number of rotatable bonds is 1. The zero-order valence-electron chi connectivity index (χ0n) is 6.50. The van der Waals surface area contributed by atoms with Gasteiger partial charge >= 0.3 is 0 Å². The molecule has 0 aliphatic carbocycles. The Kier molecular flexibility index (Phi) is 3.24. The average Bonchev–Trinajstić information content (AvgIpc) is 2.08. The Morgan fingerprint density at radius 2 is 1.83 bits per heavy atom. The van der Waals surface area contributed by atoms with Crippen molar-refractivity contribution in [3.63, 3.8) is 0 Å². The van der Waals surface area contributed by atoms with Gasteiger partial charge in [-0.1, -0.05) is 34.8 Å². The Bertz CT molecular complexity index is 310. The van der Waals surface area contributed by atoms with Gasteiger partial charge in [-0.2, -0.15) is 0 Å². The number of nitrogens with two attached hydrogens (primary N) is 1. The normalized spacial score (nSPS) is 10.4. The van der Waals surface area contributed by atoms with Gasteiger partial charge in [0, 0.05) is 11.6 Å². The molecule has 4 heteroatoms. The Hall–Kier alpha value is 0.0500. The van der Waals surface area contributed by atoms with Crippen LogP contribution in [-0.2, 0) is 6.54 Å². The van der Waals surface area contributed by atoms with Gasteiger partial charge in [-0.25, -0.2) is 0 Å². The van der Waals surface area contributed by atoms with E-state index in [1.807, 2.05) is 6.92 Å². The van der Waals surface area contributed by atoms with E-state index in [0.29, 0.717) is 21.6 Å². The van der Waals surface area contributed by atoms with E-state index in [0.717, 1.165) is 11.1 Å². The van der Waals surface area contributed by atoms with Crippen LogP contribution in [0.4, 0.5) is 0 Å². The van der Waals surface area contributed by atoms with Crippen molar-refractivity contribution < 1.29 is 0 Å². The van der Waals surface area contributed by atoms with E-state index >= 15 is 0 Å². The van der Waals surface area contributed by atoms with Gasteiger partial charge in [0.1, 0.15) is 0 Å². The molecule has 0 saturated carbocycles. The molecule has 2 N–H and O–H groups in total. The van der Waals surface area contributed by atoms with Gasteiger partial charge in [0.25, 0.3) is 0 Å². The highest BCUT2D eigenvalue weighted by atomic mass is 35.5. The molecule has 0 radical (unpaired) electrons. The zero-order chi connectivity index (χ0) is 9.30. The first kappa shape index (κ1) is 10.1.